The monoisotopic (exact) mass is 304 g/mol. The van der Waals surface area contributed by atoms with Crippen LogP contribution in [0.15, 0.2) is 0 Å². The van der Waals surface area contributed by atoms with Crippen molar-refractivity contribution < 1.29 is 18.9 Å². The third-order valence-corrected chi connectivity index (χ3v) is 6.61. The van der Waals surface area contributed by atoms with E-state index in [0.717, 1.165) is 10.9 Å². The summed E-state index contributed by atoms with van der Waals surface area (Å²) in [6.45, 7) is 7.27. The first-order valence-corrected chi connectivity index (χ1v) is 11.5. The molecule has 8 heteroatoms. The van der Waals surface area contributed by atoms with Crippen LogP contribution in [0.1, 0.15) is 0 Å². The summed E-state index contributed by atoms with van der Waals surface area (Å²) in [7, 11) is -1.17. The third kappa shape index (κ3) is 3.13. The van der Waals surface area contributed by atoms with Crippen molar-refractivity contribution in [3.8, 4) is 0 Å². The minimum Gasteiger partial charge on any atom is -0.616 e. The normalized spacial score (nSPS) is 30.7. The molecule has 2 heterocycles. The highest BCUT2D eigenvalue weighted by atomic mass is 32.2. The molecule has 0 radical (unpaired) electrons. The third-order valence-electron chi connectivity index (χ3n) is 3.28. The Morgan fingerprint density at radius 3 is 2.58 bits per heavy atom. The van der Waals surface area contributed by atoms with Crippen LogP contribution in [0.25, 0.3) is 0 Å². The summed E-state index contributed by atoms with van der Waals surface area (Å²) in [6.07, 6.45) is 0. The van der Waals surface area contributed by atoms with Gasteiger partial charge in [0, 0.05) is 14.7 Å². The van der Waals surface area contributed by atoms with Gasteiger partial charge in [0.1, 0.15) is 18.2 Å². The second kappa shape index (κ2) is 5.08. The summed E-state index contributed by atoms with van der Waals surface area (Å²) < 4.78 is 16.6. The molecule has 0 atom stereocenters. The first-order chi connectivity index (χ1) is 8.73. The molecular weight excluding hydrogens is 284 g/mol. The number of ether oxygens (including phenoxy) is 1. The highest BCUT2D eigenvalue weighted by Gasteiger charge is 2.62. The molecule has 2 aliphatic rings. The van der Waals surface area contributed by atoms with Gasteiger partial charge in [0.05, 0.1) is 0 Å². The van der Waals surface area contributed by atoms with E-state index in [9.17, 15) is 14.1 Å². The molecule has 1 N–H and O–H groups in total. The van der Waals surface area contributed by atoms with E-state index < -0.39 is 30.8 Å². The summed E-state index contributed by atoms with van der Waals surface area (Å²) in [5.74, 6) is 0.150. The lowest BCUT2D eigenvalue weighted by Gasteiger charge is -2.35. The fourth-order valence-corrected chi connectivity index (χ4v) is 4.19. The van der Waals surface area contributed by atoms with Crippen molar-refractivity contribution in [1.29, 1.82) is 0 Å². The van der Waals surface area contributed by atoms with E-state index in [0.29, 0.717) is 6.61 Å². The Kier molecular flexibility index (Phi) is 3.96. The van der Waals surface area contributed by atoms with Gasteiger partial charge in [-0.2, -0.15) is 0 Å². The molecule has 19 heavy (non-hydrogen) atoms. The van der Waals surface area contributed by atoms with Crippen LogP contribution in [0.3, 0.4) is 0 Å². The number of urea groups is 1. The van der Waals surface area contributed by atoms with E-state index in [4.69, 9.17) is 4.74 Å². The van der Waals surface area contributed by atoms with Gasteiger partial charge in [-0.3, -0.25) is 4.79 Å². The Bertz CT molecular complexity index is 393. The molecular formula is C11H20N2O4SSi. The van der Waals surface area contributed by atoms with Crippen LogP contribution in [0.4, 0.5) is 4.79 Å². The van der Waals surface area contributed by atoms with Crippen molar-refractivity contribution in [2.24, 2.45) is 0 Å². The van der Waals surface area contributed by atoms with E-state index >= 15 is 0 Å². The van der Waals surface area contributed by atoms with Crippen molar-refractivity contribution >= 4 is 31.2 Å². The second-order valence-electron chi connectivity index (χ2n) is 6.32. The Labute approximate surface area is 117 Å². The van der Waals surface area contributed by atoms with Crippen molar-refractivity contribution in [2.75, 3.05) is 24.8 Å². The van der Waals surface area contributed by atoms with Crippen molar-refractivity contribution in [1.82, 2.24) is 10.2 Å². The van der Waals surface area contributed by atoms with E-state index in [1.807, 2.05) is 0 Å². The van der Waals surface area contributed by atoms with Crippen LogP contribution < -0.4 is 5.32 Å². The summed E-state index contributed by atoms with van der Waals surface area (Å²) in [4.78, 5) is 24.9. The van der Waals surface area contributed by atoms with Gasteiger partial charge in [-0.1, -0.05) is 19.6 Å². The molecule has 0 bridgehead atoms. The molecule has 2 saturated heterocycles. The molecule has 2 aliphatic heterocycles. The largest absolute Gasteiger partial charge is 0.616 e. The standard InChI is InChI=1S/C11H20N2O4SSi/c1-19(2,3)5-4-17-8-13-9(14)11(12-10(13)15)6-18(16)7-11/h4-8H2,1-3H3,(H,12,15). The SMILES string of the molecule is C[Si](C)(C)CCOCN1C(=O)NC2(C[S+]([O-])C2)C1=O. The molecule has 108 valence electrons. The van der Waals surface area contributed by atoms with Crippen LogP contribution in [0.5, 0.6) is 0 Å². The summed E-state index contributed by atoms with van der Waals surface area (Å²) in [5, 5.41) is 2.63. The number of carbonyl (C=O) groups is 2. The van der Waals surface area contributed by atoms with Gasteiger partial charge in [0.25, 0.3) is 5.91 Å². The van der Waals surface area contributed by atoms with Gasteiger partial charge < -0.3 is 14.6 Å². The van der Waals surface area contributed by atoms with E-state index in [-0.39, 0.29) is 24.1 Å². The highest BCUT2D eigenvalue weighted by molar-refractivity contribution is 7.93. The Morgan fingerprint density at radius 2 is 2.05 bits per heavy atom. The van der Waals surface area contributed by atoms with Crippen LogP contribution in [-0.2, 0) is 20.7 Å². The molecule has 6 nitrogen and oxygen atoms in total. The number of carbonyl (C=O) groups excluding carboxylic acids is 2. The average Bonchev–Trinajstić information content (AvgIpc) is 2.46. The van der Waals surface area contributed by atoms with Crippen molar-refractivity contribution in [3.05, 3.63) is 0 Å². The number of nitrogens with one attached hydrogen (secondary N) is 1. The molecule has 3 amide bonds. The maximum absolute atomic E-state index is 12.1. The van der Waals surface area contributed by atoms with Crippen molar-refractivity contribution in [3.63, 3.8) is 0 Å². The van der Waals surface area contributed by atoms with Gasteiger partial charge in [0.15, 0.2) is 0 Å². The molecule has 1 spiro atoms. The van der Waals surface area contributed by atoms with E-state index in [2.05, 4.69) is 25.0 Å². The molecule has 0 unspecified atom stereocenters. The second-order valence-corrected chi connectivity index (χ2v) is 13.4. The maximum atomic E-state index is 12.1. The number of nitrogens with zero attached hydrogens (tertiary/aromatic N) is 1. The molecule has 2 rings (SSSR count). The van der Waals surface area contributed by atoms with Gasteiger partial charge in [-0.15, -0.1) is 0 Å². The number of hydrogen-bond acceptors (Lipinski definition) is 4. The lowest BCUT2D eigenvalue weighted by molar-refractivity contribution is -0.134. The average molecular weight is 304 g/mol. The first kappa shape index (κ1) is 14.8. The fourth-order valence-electron chi connectivity index (χ4n) is 2.03. The number of rotatable bonds is 5. The van der Waals surface area contributed by atoms with Crippen LogP contribution in [-0.4, -0.2) is 59.8 Å². The topological polar surface area (TPSA) is 81.7 Å². The number of imide groups is 1. The Hall–Kier alpha value is -0.573. The predicted molar refractivity (Wildman–Crippen MR) is 75.0 cm³/mol. The lowest BCUT2D eigenvalue weighted by Crippen LogP contribution is -2.65. The van der Waals surface area contributed by atoms with E-state index in [1.54, 1.807) is 0 Å². The molecule has 0 aliphatic carbocycles. The summed E-state index contributed by atoms with van der Waals surface area (Å²) in [5.41, 5.74) is -0.913. The fraction of sp³-hybridized carbons (Fsp3) is 0.818. The molecule has 0 saturated carbocycles. The predicted octanol–water partition coefficient (Wildman–Crippen LogP) is 0.352. The lowest BCUT2D eigenvalue weighted by atomic mass is 10.1. The van der Waals surface area contributed by atoms with Gasteiger partial charge in [0.2, 0.25) is 5.54 Å². The molecule has 0 aromatic rings. The van der Waals surface area contributed by atoms with Crippen LogP contribution in [0.2, 0.25) is 25.7 Å². The molecule has 0 aromatic carbocycles. The minimum absolute atomic E-state index is 0.0104. The molecule has 2 fully saturated rings. The number of amides is 3. The minimum atomic E-state index is -1.17. The van der Waals surface area contributed by atoms with Gasteiger partial charge >= 0.3 is 6.03 Å². The highest BCUT2D eigenvalue weighted by Crippen LogP contribution is 2.30. The quantitative estimate of drug-likeness (QED) is 0.344. The van der Waals surface area contributed by atoms with Crippen LogP contribution >= 0.6 is 0 Å². The zero-order chi connectivity index (χ0) is 14.3. The Balaban J connectivity index is 1.81. The first-order valence-electron chi connectivity index (χ1n) is 6.30. The van der Waals surface area contributed by atoms with Gasteiger partial charge in [-0.05, 0) is 17.2 Å². The zero-order valence-corrected chi connectivity index (χ0v) is 13.3. The Morgan fingerprint density at radius 1 is 1.42 bits per heavy atom. The van der Waals surface area contributed by atoms with Crippen molar-refractivity contribution in [2.45, 2.75) is 31.2 Å². The molecule has 0 aromatic heterocycles. The van der Waals surface area contributed by atoms with Crippen LogP contribution in [0, 0.1) is 0 Å². The smallest absolute Gasteiger partial charge is 0.327 e. The maximum Gasteiger partial charge on any atom is 0.327 e. The summed E-state index contributed by atoms with van der Waals surface area (Å²) >= 11 is -0.988. The summed E-state index contributed by atoms with van der Waals surface area (Å²) in [6, 6.07) is 0.556. The number of hydrogen-bond donors (Lipinski definition) is 1. The van der Waals surface area contributed by atoms with E-state index in [1.165, 1.54) is 0 Å². The van der Waals surface area contributed by atoms with Gasteiger partial charge in [-0.25, -0.2) is 9.69 Å². The zero-order valence-electron chi connectivity index (χ0n) is 11.5.